The summed E-state index contributed by atoms with van der Waals surface area (Å²) in [5.41, 5.74) is 0. The van der Waals surface area contributed by atoms with E-state index in [9.17, 15) is 9.59 Å². The van der Waals surface area contributed by atoms with Crippen molar-refractivity contribution in [3.63, 3.8) is 0 Å². The second-order valence-corrected chi connectivity index (χ2v) is 8.87. The van der Waals surface area contributed by atoms with Crippen LogP contribution in [0.2, 0.25) is 0 Å². The lowest BCUT2D eigenvalue weighted by molar-refractivity contribution is -0.125. The predicted octanol–water partition coefficient (Wildman–Crippen LogP) is 2.54. The van der Waals surface area contributed by atoms with Crippen LogP contribution in [0.25, 0.3) is 0 Å². The molecule has 160 valence electrons. The molecule has 3 saturated carbocycles. The minimum atomic E-state index is -0.101. The van der Waals surface area contributed by atoms with Crippen molar-refractivity contribution in [3.8, 4) is 0 Å². The predicted molar refractivity (Wildman–Crippen MR) is 109 cm³/mol. The van der Waals surface area contributed by atoms with Crippen LogP contribution >= 0.6 is 0 Å². The van der Waals surface area contributed by atoms with Crippen LogP contribution in [0.1, 0.15) is 75.1 Å². The number of rotatable bonds is 6. The minimum absolute atomic E-state index is 0.0211. The number of aryl methyl sites for hydroxylation is 2. The maximum Gasteiger partial charge on any atom is 0.231 e. The number of aromatic nitrogens is 6. The van der Waals surface area contributed by atoms with Crippen LogP contribution in [0.3, 0.4) is 0 Å². The zero-order valence-electron chi connectivity index (χ0n) is 17.5. The molecule has 0 aromatic carbocycles. The van der Waals surface area contributed by atoms with E-state index in [2.05, 4.69) is 31.0 Å². The highest BCUT2D eigenvalue weighted by Gasteiger charge is 2.34. The summed E-state index contributed by atoms with van der Waals surface area (Å²) >= 11 is 0. The molecule has 0 saturated heterocycles. The largest absolute Gasteiger partial charge is 0.294 e. The van der Waals surface area contributed by atoms with Gasteiger partial charge in [0, 0.05) is 23.9 Å². The fourth-order valence-electron chi connectivity index (χ4n) is 4.49. The van der Waals surface area contributed by atoms with Crippen LogP contribution in [-0.2, 0) is 9.59 Å². The summed E-state index contributed by atoms with van der Waals surface area (Å²) in [6.07, 6.45) is 7.19. The van der Waals surface area contributed by atoms with Crippen molar-refractivity contribution in [2.45, 2.75) is 77.3 Å². The first kappa shape index (κ1) is 19.2. The first-order valence-corrected chi connectivity index (χ1v) is 11.0. The van der Waals surface area contributed by atoms with Crippen molar-refractivity contribution >= 4 is 23.7 Å². The van der Waals surface area contributed by atoms with Gasteiger partial charge in [-0.15, -0.1) is 20.4 Å². The van der Waals surface area contributed by atoms with Gasteiger partial charge in [0.15, 0.2) is 0 Å². The topological polar surface area (TPSA) is 120 Å². The summed E-state index contributed by atoms with van der Waals surface area (Å²) in [6, 6.07) is 0.826. The van der Waals surface area contributed by atoms with Gasteiger partial charge in [-0.25, -0.2) is 0 Å². The Morgan fingerprint density at radius 1 is 0.667 bits per heavy atom. The highest BCUT2D eigenvalue weighted by atomic mass is 16.2. The molecule has 0 aliphatic heterocycles. The molecule has 3 aliphatic carbocycles. The normalized spacial score (nSPS) is 23.9. The number of carbonyl (C=O) groups excluding carboxylic acids is 2. The summed E-state index contributed by atoms with van der Waals surface area (Å²) in [4.78, 5) is 25.5. The molecule has 3 aliphatic rings. The molecule has 2 heterocycles. The molecule has 2 aromatic heterocycles. The van der Waals surface area contributed by atoms with Crippen molar-refractivity contribution < 1.29 is 9.59 Å². The summed E-state index contributed by atoms with van der Waals surface area (Å²) in [5, 5.41) is 22.4. The average Bonchev–Trinajstić information content (AvgIpc) is 3.67. The fourth-order valence-corrected chi connectivity index (χ4v) is 4.49. The smallest absolute Gasteiger partial charge is 0.231 e. The molecule has 2 N–H and O–H groups in total. The van der Waals surface area contributed by atoms with Crippen molar-refractivity contribution in [2.24, 2.45) is 11.8 Å². The van der Waals surface area contributed by atoms with E-state index < -0.39 is 0 Å². The lowest BCUT2D eigenvalue weighted by Crippen LogP contribution is -2.33. The Morgan fingerprint density at radius 3 is 1.37 bits per heavy atom. The molecule has 30 heavy (non-hydrogen) atoms. The van der Waals surface area contributed by atoms with Gasteiger partial charge in [-0.05, 0) is 65.2 Å². The Morgan fingerprint density at radius 2 is 1.03 bits per heavy atom. The molecular formula is C20H28N8O2. The van der Waals surface area contributed by atoms with Crippen LogP contribution in [-0.4, -0.2) is 41.3 Å². The van der Waals surface area contributed by atoms with E-state index in [0.717, 1.165) is 37.3 Å². The van der Waals surface area contributed by atoms with E-state index in [4.69, 9.17) is 0 Å². The van der Waals surface area contributed by atoms with E-state index in [1.54, 1.807) is 0 Å². The first-order valence-electron chi connectivity index (χ1n) is 11.0. The Hall–Kier alpha value is -2.78. The maximum atomic E-state index is 12.8. The number of carbonyl (C=O) groups is 2. The molecule has 0 unspecified atom stereocenters. The van der Waals surface area contributed by atoms with E-state index in [1.165, 1.54) is 0 Å². The first-order chi connectivity index (χ1) is 14.5. The number of hydrogen-bond acceptors (Lipinski definition) is 6. The highest BCUT2D eigenvalue weighted by molar-refractivity contribution is 5.93. The van der Waals surface area contributed by atoms with Gasteiger partial charge >= 0.3 is 0 Å². The zero-order valence-corrected chi connectivity index (χ0v) is 17.5. The third-order valence-electron chi connectivity index (χ3n) is 6.50. The molecule has 2 amide bonds. The third kappa shape index (κ3) is 3.70. The number of nitrogens with one attached hydrogen (secondary N) is 2. The number of hydrogen-bond donors (Lipinski definition) is 2. The Balaban J connectivity index is 1.15. The van der Waals surface area contributed by atoms with Crippen LogP contribution < -0.4 is 10.6 Å². The van der Waals surface area contributed by atoms with Gasteiger partial charge in [0.1, 0.15) is 11.6 Å². The van der Waals surface area contributed by atoms with Gasteiger partial charge in [-0.1, -0.05) is 0 Å². The second kappa shape index (κ2) is 7.48. The minimum Gasteiger partial charge on any atom is -0.294 e. The van der Waals surface area contributed by atoms with Gasteiger partial charge in [-0.2, -0.15) is 0 Å². The van der Waals surface area contributed by atoms with Crippen LogP contribution in [0.5, 0.6) is 0 Å². The highest BCUT2D eigenvalue weighted by Crippen LogP contribution is 2.39. The number of anilines is 2. The van der Waals surface area contributed by atoms with Crippen molar-refractivity contribution in [3.05, 3.63) is 11.6 Å². The van der Waals surface area contributed by atoms with Crippen LogP contribution in [0.4, 0.5) is 11.9 Å². The fraction of sp³-hybridized carbons (Fsp3) is 0.700. The Bertz CT molecular complexity index is 885. The quantitative estimate of drug-likeness (QED) is 0.752. The van der Waals surface area contributed by atoms with Gasteiger partial charge in [0.25, 0.3) is 0 Å². The van der Waals surface area contributed by atoms with Gasteiger partial charge in [0.2, 0.25) is 23.7 Å². The Labute approximate surface area is 174 Å². The number of amides is 2. The standard InChI is InChI=1S/C20H28N8O2/c1-11-23-25-19(27(11)15-7-8-15)21-17(29)13-3-5-14(6-4-13)18(30)22-20-26-24-12(2)28(20)16-9-10-16/h13-16H,3-10H2,1-2H3,(H,21,25,29)(H,22,26,30). The van der Waals surface area contributed by atoms with Crippen molar-refractivity contribution in [1.29, 1.82) is 0 Å². The Kier molecular flexibility index (Phi) is 4.79. The summed E-state index contributed by atoms with van der Waals surface area (Å²) < 4.78 is 4.05. The van der Waals surface area contributed by atoms with Crippen LogP contribution in [0.15, 0.2) is 0 Å². The molecule has 10 nitrogen and oxygen atoms in total. The lowest BCUT2D eigenvalue weighted by atomic mass is 9.81. The van der Waals surface area contributed by atoms with E-state index >= 15 is 0 Å². The molecule has 0 spiro atoms. The third-order valence-corrected chi connectivity index (χ3v) is 6.50. The van der Waals surface area contributed by atoms with Gasteiger partial charge in [-0.3, -0.25) is 29.4 Å². The molecule has 0 radical (unpaired) electrons. The summed E-state index contributed by atoms with van der Waals surface area (Å²) in [6.45, 7) is 3.83. The second-order valence-electron chi connectivity index (χ2n) is 8.87. The molecule has 2 aromatic rings. The van der Waals surface area contributed by atoms with Crippen molar-refractivity contribution in [2.75, 3.05) is 10.6 Å². The van der Waals surface area contributed by atoms with E-state index in [0.29, 0.717) is 49.7 Å². The molecular weight excluding hydrogens is 384 g/mol. The van der Waals surface area contributed by atoms with Gasteiger partial charge in [0.05, 0.1) is 0 Å². The van der Waals surface area contributed by atoms with Crippen LogP contribution in [0, 0.1) is 25.7 Å². The number of nitrogens with zero attached hydrogens (tertiary/aromatic N) is 6. The summed E-state index contributed by atoms with van der Waals surface area (Å²) in [5.74, 6) is 2.53. The summed E-state index contributed by atoms with van der Waals surface area (Å²) in [7, 11) is 0. The molecule has 3 fully saturated rings. The average molecular weight is 412 g/mol. The van der Waals surface area contributed by atoms with Gasteiger partial charge < -0.3 is 0 Å². The molecule has 0 bridgehead atoms. The zero-order chi connectivity index (χ0) is 20.8. The SMILES string of the molecule is Cc1nnc(NC(=O)C2CCC(C(=O)Nc3nnc(C)n3C3CC3)CC2)n1C1CC1. The molecule has 0 atom stereocenters. The van der Waals surface area contributed by atoms with Crippen molar-refractivity contribution in [1.82, 2.24) is 29.5 Å². The monoisotopic (exact) mass is 412 g/mol. The maximum absolute atomic E-state index is 12.8. The van der Waals surface area contributed by atoms with E-state index in [1.807, 2.05) is 23.0 Å². The van der Waals surface area contributed by atoms with E-state index in [-0.39, 0.29) is 23.7 Å². The molecule has 10 heteroatoms. The lowest BCUT2D eigenvalue weighted by Gasteiger charge is -2.26. The molecule has 5 rings (SSSR count).